The largest absolute Gasteiger partial charge is 0.493 e. The van der Waals surface area contributed by atoms with Crippen LogP contribution in [-0.4, -0.2) is 51.3 Å². The van der Waals surface area contributed by atoms with Crippen LogP contribution in [0.5, 0.6) is 23.0 Å². The van der Waals surface area contributed by atoms with Crippen LogP contribution in [0.4, 0.5) is 13.2 Å². The second-order valence-electron chi connectivity index (χ2n) is 8.63. The van der Waals surface area contributed by atoms with Crippen molar-refractivity contribution in [1.29, 1.82) is 0 Å². The number of benzene rings is 3. The predicted octanol–water partition coefficient (Wildman–Crippen LogP) is 6.47. The summed E-state index contributed by atoms with van der Waals surface area (Å²) >= 11 is 0. The van der Waals surface area contributed by atoms with Crippen LogP contribution in [0.25, 0.3) is 11.6 Å². The second kappa shape index (κ2) is 12.5. The number of hydrogen-bond acceptors (Lipinski definition) is 5. The van der Waals surface area contributed by atoms with Gasteiger partial charge in [-0.15, -0.1) is 0 Å². The number of halogens is 3. The number of ether oxygens (including phenoxy) is 4. The molecule has 0 N–H and O–H groups in total. The van der Waals surface area contributed by atoms with E-state index < -0.39 is 11.7 Å². The summed E-state index contributed by atoms with van der Waals surface area (Å²) < 4.78 is 60.1. The van der Waals surface area contributed by atoms with Gasteiger partial charge in [-0.3, -0.25) is 4.79 Å². The minimum Gasteiger partial charge on any atom is -0.493 e. The maximum atomic E-state index is 13.0. The number of allylic oxidation sites excluding steroid dienone is 2. The van der Waals surface area contributed by atoms with E-state index in [9.17, 15) is 18.0 Å². The Hall–Kier alpha value is -4.24. The van der Waals surface area contributed by atoms with E-state index in [2.05, 4.69) is 0 Å². The highest BCUT2D eigenvalue weighted by molar-refractivity contribution is 5.98. The van der Waals surface area contributed by atoms with Gasteiger partial charge in [0.2, 0.25) is 5.91 Å². The molecule has 0 spiro atoms. The molecule has 39 heavy (non-hydrogen) atoms. The Morgan fingerprint density at radius 2 is 1.49 bits per heavy atom. The van der Waals surface area contributed by atoms with Crippen molar-refractivity contribution in [2.24, 2.45) is 0 Å². The van der Waals surface area contributed by atoms with Gasteiger partial charge in [-0.1, -0.05) is 30.4 Å². The number of alkyl halides is 3. The molecule has 4 rings (SSSR count). The first-order chi connectivity index (χ1) is 18.8. The minimum atomic E-state index is -4.40. The van der Waals surface area contributed by atoms with Gasteiger partial charge in [-0.2, -0.15) is 13.2 Å². The lowest BCUT2D eigenvalue weighted by atomic mass is 10.0. The normalized spacial score (nSPS) is 14.4. The average molecular weight is 540 g/mol. The van der Waals surface area contributed by atoms with Crippen LogP contribution < -0.4 is 14.2 Å². The second-order valence-corrected chi connectivity index (χ2v) is 8.63. The SMILES string of the molecule is COc1ccc(C(C=Cc2ccc(Oc3ccc(C(F)(F)F)cc3)cc2)=CC(=O)N2CCOCC2)cc1OC. The zero-order chi connectivity index (χ0) is 27.8. The first-order valence-corrected chi connectivity index (χ1v) is 12.2. The number of rotatable bonds is 8. The van der Waals surface area contributed by atoms with Gasteiger partial charge in [-0.25, -0.2) is 0 Å². The summed E-state index contributed by atoms with van der Waals surface area (Å²) in [5, 5.41) is 0. The van der Waals surface area contributed by atoms with Gasteiger partial charge in [0.25, 0.3) is 0 Å². The third kappa shape index (κ3) is 7.42. The van der Waals surface area contributed by atoms with Crippen molar-refractivity contribution in [3.8, 4) is 23.0 Å². The number of nitrogens with zero attached hydrogens (tertiary/aromatic N) is 1. The molecule has 0 saturated carbocycles. The Balaban J connectivity index is 1.54. The molecule has 0 atom stereocenters. The van der Waals surface area contributed by atoms with Crippen molar-refractivity contribution in [3.63, 3.8) is 0 Å². The van der Waals surface area contributed by atoms with Crippen molar-refractivity contribution < 1.29 is 36.9 Å². The zero-order valence-corrected chi connectivity index (χ0v) is 21.5. The van der Waals surface area contributed by atoms with E-state index in [0.29, 0.717) is 54.9 Å². The van der Waals surface area contributed by atoms with Crippen LogP contribution in [0.15, 0.2) is 78.9 Å². The smallest absolute Gasteiger partial charge is 0.416 e. The van der Waals surface area contributed by atoms with Crippen LogP contribution in [0, 0.1) is 0 Å². The van der Waals surface area contributed by atoms with Crippen LogP contribution >= 0.6 is 0 Å². The number of amides is 1. The molecule has 0 unspecified atom stereocenters. The number of carbonyl (C=O) groups excluding carboxylic acids is 1. The summed E-state index contributed by atoms with van der Waals surface area (Å²) in [6, 6.07) is 17.0. The molecule has 1 heterocycles. The van der Waals surface area contributed by atoms with E-state index in [1.165, 1.54) is 12.1 Å². The molecular formula is C30H28F3NO5. The van der Waals surface area contributed by atoms with Crippen LogP contribution in [0.2, 0.25) is 0 Å². The standard InChI is InChI=1S/C30H28F3NO5/c1-36-27-14-7-22(19-28(27)37-2)23(20-29(35)34-15-17-38-18-16-34)6-3-21-4-10-25(11-5-21)39-26-12-8-24(9-13-26)30(31,32)33/h3-14,19-20H,15-18H2,1-2H3. The first kappa shape index (κ1) is 27.8. The zero-order valence-electron chi connectivity index (χ0n) is 21.5. The molecule has 204 valence electrons. The van der Waals surface area contributed by atoms with E-state index in [1.54, 1.807) is 43.4 Å². The summed E-state index contributed by atoms with van der Waals surface area (Å²) in [5.74, 6) is 1.77. The molecule has 1 amide bonds. The number of carbonyl (C=O) groups is 1. The molecule has 3 aromatic rings. The Labute approximate surface area is 224 Å². The van der Waals surface area contributed by atoms with E-state index in [4.69, 9.17) is 18.9 Å². The lowest BCUT2D eigenvalue weighted by Gasteiger charge is -2.26. The number of methoxy groups -OCH3 is 2. The molecule has 0 radical (unpaired) electrons. The predicted molar refractivity (Wildman–Crippen MR) is 142 cm³/mol. The van der Waals surface area contributed by atoms with Gasteiger partial charge in [0, 0.05) is 19.2 Å². The average Bonchev–Trinajstić information content (AvgIpc) is 2.95. The van der Waals surface area contributed by atoms with Gasteiger partial charge in [0.05, 0.1) is 33.0 Å². The Bertz CT molecular complexity index is 1330. The fraction of sp³-hybridized carbons (Fsp3) is 0.233. The molecule has 1 saturated heterocycles. The highest BCUT2D eigenvalue weighted by Gasteiger charge is 2.30. The molecule has 1 aliphatic heterocycles. The molecule has 0 bridgehead atoms. The van der Waals surface area contributed by atoms with Crippen molar-refractivity contribution >= 4 is 17.6 Å². The highest BCUT2D eigenvalue weighted by Crippen LogP contribution is 2.33. The fourth-order valence-electron chi connectivity index (χ4n) is 3.93. The van der Waals surface area contributed by atoms with Crippen molar-refractivity contribution in [2.45, 2.75) is 6.18 Å². The third-order valence-corrected chi connectivity index (χ3v) is 6.07. The van der Waals surface area contributed by atoms with Gasteiger partial charge in [0.15, 0.2) is 11.5 Å². The molecule has 9 heteroatoms. The maximum Gasteiger partial charge on any atom is 0.416 e. The Morgan fingerprint density at radius 3 is 2.08 bits per heavy atom. The van der Waals surface area contributed by atoms with Gasteiger partial charge < -0.3 is 23.8 Å². The Kier molecular flexibility index (Phi) is 8.93. The topological polar surface area (TPSA) is 57.2 Å². The summed E-state index contributed by atoms with van der Waals surface area (Å²) in [5.41, 5.74) is 1.55. The third-order valence-electron chi connectivity index (χ3n) is 6.07. The molecule has 6 nitrogen and oxygen atoms in total. The van der Waals surface area contributed by atoms with Gasteiger partial charge in [-0.05, 0) is 65.2 Å². The summed E-state index contributed by atoms with van der Waals surface area (Å²) in [7, 11) is 3.11. The van der Waals surface area contributed by atoms with E-state index in [-0.39, 0.29) is 5.91 Å². The lowest BCUT2D eigenvalue weighted by Crippen LogP contribution is -2.39. The molecule has 0 aliphatic carbocycles. The van der Waals surface area contributed by atoms with E-state index >= 15 is 0 Å². The van der Waals surface area contributed by atoms with Gasteiger partial charge in [0.1, 0.15) is 11.5 Å². The van der Waals surface area contributed by atoms with Crippen LogP contribution in [0.1, 0.15) is 16.7 Å². The quantitative estimate of drug-likeness (QED) is 0.243. The van der Waals surface area contributed by atoms with Crippen molar-refractivity contribution in [1.82, 2.24) is 4.90 Å². The molecule has 1 aliphatic rings. The highest BCUT2D eigenvalue weighted by atomic mass is 19.4. The summed E-state index contributed by atoms with van der Waals surface area (Å²) in [6.07, 6.45) is 0.886. The lowest BCUT2D eigenvalue weighted by molar-refractivity contribution is -0.137. The van der Waals surface area contributed by atoms with E-state index in [1.807, 2.05) is 36.4 Å². The summed E-state index contributed by atoms with van der Waals surface area (Å²) in [4.78, 5) is 14.7. The molecule has 3 aromatic carbocycles. The number of morpholine rings is 1. The fourth-order valence-corrected chi connectivity index (χ4v) is 3.93. The summed E-state index contributed by atoms with van der Waals surface area (Å²) in [6.45, 7) is 2.06. The minimum absolute atomic E-state index is 0.118. The van der Waals surface area contributed by atoms with Crippen LogP contribution in [0.3, 0.4) is 0 Å². The maximum absolute atomic E-state index is 13.0. The Morgan fingerprint density at radius 1 is 0.872 bits per heavy atom. The molecule has 1 fully saturated rings. The van der Waals surface area contributed by atoms with E-state index in [0.717, 1.165) is 23.3 Å². The monoisotopic (exact) mass is 539 g/mol. The number of hydrogen-bond donors (Lipinski definition) is 0. The molecular weight excluding hydrogens is 511 g/mol. The van der Waals surface area contributed by atoms with Gasteiger partial charge >= 0.3 is 6.18 Å². The van der Waals surface area contributed by atoms with Crippen LogP contribution in [-0.2, 0) is 15.7 Å². The van der Waals surface area contributed by atoms with Crippen molar-refractivity contribution in [3.05, 3.63) is 95.6 Å². The first-order valence-electron chi connectivity index (χ1n) is 12.2. The van der Waals surface area contributed by atoms with Crippen molar-refractivity contribution in [2.75, 3.05) is 40.5 Å². The molecule has 0 aromatic heterocycles.